The third-order valence-electron chi connectivity index (χ3n) is 7.42. The monoisotopic (exact) mass is 638 g/mol. The van der Waals surface area contributed by atoms with Crippen LogP contribution in [0.5, 0.6) is 0 Å². The predicted octanol–water partition coefficient (Wildman–Crippen LogP) is 6.16. The van der Waals surface area contributed by atoms with Crippen molar-refractivity contribution in [2.45, 2.75) is 25.9 Å². The van der Waals surface area contributed by atoms with Gasteiger partial charge in [-0.25, -0.2) is 0 Å². The van der Waals surface area contributed by atoms with Gasteiger partial charge in [0.1, 0.15) is 5.60 Å². The Bertz CT molecular complexity index is 1000. The third-order valence-corrected chi connectivity index (χ3v) is 7.42. The Balaban J connectivity index is 1.18. The zero-order valence-corrected chi connectivity index (χ0v) is 27.8. The van der Waals surface area contributed by atoms with Crippen LogP contribution < -0.4 is 0 Å². The summed E-state index contributed by atoms with van der Waals surface area (Å²) in [6, 6.07) is 31.0. The molecular weight excluding hydrogens is 584 g/mol. The van der Waals surface area contributed by atoms with Crippen LogP contribution in [-0.2, 0) is 43.5 Å². The zero-order valence-electron chi connectivity index (χ0n) is 27.8. The molecule has 0 N–H and O–H groups in total. The molecule has 0 fully saturated rings. The van der Waals surface area contributed by atoms with Gasteiger partial charge in [-0.15, -0.1) is 0 Å². The second-order valence-corrected chi connectivity index (χ2v) is 10.9. The fraction of sp³-hybridized carbons (Fsp3) is 0.526. The van der Waals surface area contributed by atoms with Crippen molar-refractivity contribution in [1.82, 2.24) is 0 Å². The maximum absolute atomic E-state index is 6.72. The Morgan fingerprint density at radius 2 is 0.696 bits per heavy atom. The minimum Gasteiger partial charge on any atom is -0.379 e. The van der Waals surface area contributed by atoms with Gasteiger partial charge in [0.15, 0.2) is 0 Å². The van der Waals surface area contributed by atoms with E-state index in [0.717, 1.165) is 29.7 Å². The summed E-state index contributed by atoms with van der Waals surface area (Å²) in [6.07, 6.45) is 1.13. The van der Waals surface area contributed by atoms with Crippen molar-refractivity contribution >= 4 is 0 Å². The average Bonchev–Trinajstić information content (AvgIpc) is 3.11. The molecule has 1 atom stereocenters. The van der Waals surface area contributed by atoms with E-state index >= 15 is 0 Å². The predicted molar refractivity (Wildman–Crippen MR) is 180 cm³/mol. The fourth-order valence-electron chi connectivity index (χ4n) is 4.74. The second-order valence-electron chi connectivity index (χ2n) is 10.9. The van der Waals surface area contributed by atoms with Crippen molar-refractivity contribution in [2.24, 2.45) is 5.92 Å². The number of rotatable bonds is 28. The van der Waals surface area contributed by atoms with Crippen LogP contribution >= 0.6 is 0 Å². The van der Waals surface area contributed by atoms with Gasteiger partial charge in [-0.3, -0.25) is 0 Å². The molecule has 3 aromatic carbocycles. The van der Waals surface area contributed by atoms with Gasteiger partial charge < -0.3 is 37.9 Å². The maximum atomic E-state index is 6.72. The van der Waals surface area contributed by atoms with Crippen molar-refractivity contribution in [2.75, 3.05) is 99.1 Å². The van der Waals surface area contributed by atoms with Crippen LogP contribution in [0.4, 0.5) is 0 Å². The van der Waals surface area contributed by atoms with Crippen LogP contribution in [0.1, 0.15) is 37.0 Å². The molecule has 0 spiro atoms. The van der Waals surface area contributed by atoms with Gasteiger partial charge in [-0.1, -0.05) is 111 Å². The summed E-state index contributed by atoms with van der Waals surface area (Å²) in [4.78, 5) is 0. The number of hydrogen-bond donors (Lipinski definition) is 0. The van der Waals surface area contributed by atoms with Crippen LogP contribution in [0.25, 0.3) is 0 Å². The topological polar surface area (TPSA) is 73.8 Å². The van der Waals surface area contributed by atoms with E-state index in [2.05, 4.69) is 50.2 Å². The summed E-state index contributed by atoms with van der Waals surface area (Å²) in [5.41, 5.74) is 2.48. The highest BCUT2D eigenvalue weighted by Gasteiger charge is 2.37. The smallest absolute Gasteiger partial charge is 0.143 e. The van der Waals surface area contributed by atoms with Gasteiger partial charge in [0.2, 0.25) is 0 Å². The van der Waals surface area contributed by atoms with Gasteiger partial charge in [0.05, 0.1) is 92.5 Å². The minimum atomic E-state index is -0.741. The van der Waals surface area contributed by atoms with Gasteiger partial charge >= 0.3 is 0 Å². The van der Waals surface area contributed by atoms with Gasteiger partial charge in [0.25, 0.3) is 0 Å². The summed E-state index contributed by atoms with van der Waals surface area (Å²) in [7, 11) is 0. The van der Waals surface area contributed by atoms with E-state index in [1.54, 1.807) is 0 Å². The molecule has 0 aromatic heterocycles. The normalized spacial score (nSPS) is 12.4. The molecule has 8 nitrogen and oxygen atoms in total. The molecule has 254 valence electrons. The lowest BCUT2D eigenvalue weighted by Gasteiger charge is -2.36. The molecule has 0 saturated carbocycles. The molecule has 0 aliphatic heterocycles. The summed E-state index contributed by atoms with van der Waals surface area (Å²) < 4.78 is 45.9. The highest BCUT2D eigenvalue weighted by atomic mass is 16.6. The third kappa shape index (κ3) is 14.4. The number of benzene rings is 3. The van der Waals surface area contributed by atoms with E-state index in [1.807, 2.05) is 54.6 Å². The molecule has 0 heterocycles. The minimum absolute atomic E-state index is 0.425. The highest BCUT2D eigenvalue weighted by Crippen LogP contribution is 2.40. The molecule has 0 bridgehead atoms. The van der Waals surface area contributed by atoms with Crippen molar-refractivity contribution in [3.8, 4) is 0 Å². The van der Waals surface area contributed by atoms with E-state index in [0.29, 0.717) is 98.4 Å². The first kappa shape index (κ1) is 37.8. The van der Waals surface area contributed by atoms with Gasteiger partial charge in [-0.2, -0.15) is 0 Å². The van der Waals surface area contributed by atoms with Crippen LogP contribution in [0.2, 0.25) is 0 Å². The van der Waals surface area contributed by atoms with Crippen LogP contribution in [0, 0.1) is 5.92 Å². The lowest BCUT2D eigenvalue weighted by molar-refractivity contribution is -0.0397. The molecule has 0 amide bonds. The molecule has 0 aliphatic rings. The van der Waals surface area contributed by atoms with E-state index in [4.69, 9.17) is 37.9 Å². The molecule has 1 unspecified atom stereocenters. The first-order valence-electron chi connectivity index (χ1n) is 16.6. The molecule has 0 saturated heterocycles. The van der Waals surface area contributed by atoms with Crippen molar-refractivity contribution in [3.05, 3.63) is 108 Å². The highest BCUT2D eigenvalue weighted by molar-refractivity contribution is 5.47. The molecule has 8 heteroatoms. The van der Waals surface area contributed by atoms with E-state index in [1.165, 1.54) is 0 Å². The quantitative estimate of drug-likeness (QED) is 0.0692. The number of ether oxygens (including phenoxy) is 8. The van der Waals surface area contributed by atoms with E-state index in [9.17, 15) is 0 Å². The maximum Gasteiger partial charge on any atom is 0.143 e. The molecule has 0 aliphatic carbocycles. The van der Waals surface area contributed by atoms with Crippen molar-refractivity contribution < 1.29 is 37.9 Å². The fourth-order valence-corrected chi connectivity index (χ4v) is 4.74. The van der Waals surface area contributed by atoms with Crippen LogP contribution in [0.3, 0.4) is 0 Å². The standard InChI is InChI=1S/C38H54O8/c1-3-34(2)33-45-30-29-43-26-25-41-22-21-39-19-20-40-23-24-42-27-28-44-31-32-46-38(35-13-7-4-8-14-35,36-15-9-5-10-16-36)37-17-11-6-12-18-37/h4-18,34H,3,19-33H2,1-2H3. The summed E-state index contributed by atoms with van der Waals surface area (Å²) >= 11 is 0. The summed E-state index contributed by atoms with van der Waals surface area (Å²) in [5, 5.41) is 0. The lowest BCUT2D eigenvalue weighted by atomic mass is 9.80. The van der Waals surface area contributed by atoms with Crippen molar-refractivity contribution in [1.29, 1.82) is 0 Å². The average molecular weight is 639 g/mol. The second kappa shape index (κ2) is 24.5. The molecule has 3 aromatic rings. The Morgan fingerprint density at radius 3 is 1.00 bits per heavy atom. The van der Waals surface area contributed by atoms with E-state index in [-0.39, 0.29) is 0 Å². The Hall–Kier alpha value is -2.66. The van der Waals surface area contributed by atoms with Crippen molar-refractivity contribution in [3.63, 3.8) is 0 Å². The molecular formula is C38H54O8. The lowest BCUT2D eigenvalue weighted by Crippen LogP contribution is -2.34. The number of hydrogen-bond acceptors (Lipinski definition) is 8. The summed E-state index contributed by atoms with van der Waals surface area (Å²) in [6.45, 7) is 12.5. The molecule has 0 radical (unpaired) electrons. The van der Waals surface area contributed by atoms with Crippen LogP contribution in [-0.4, -0.2) is 99.1 Å². The van der Waals surface area contributed by atoms with E-state index < -0.39 is 5.60 Å². The van der Waals surface area contributed by atoms with Crippen LogP contribution in [0.15, 0.2) is 91.0 Å². The first-order valence-corrected chi connectivity index (χ1v) is 16.6. The molecule has 3 rings (SSSR count). The van der Waals surface area contributed by atoms with Gasteiger partial charge in [0, 0.05) is 6.61 Å². The largest absolute Gasteiger partial charge is 0.379 e. The SMILES string of the molecule is CCC(C)COCCOCCOCCOCCOCCOCCOCCOC(c1ccccc1)(c1ccccc1)c1ccccc1. The zero-order chi connectivity index (χ0) is 32.4. The Labute approximate surface area is 276 Å². The van der Waals surface area contributed by atoms with Gasteiger partial charge in [-0.05, 0) is 22.6 Å². The summed E-state index contributed by atoms with van der Waals surface area (Å²) in [5.74, 6) is 0.596. The molecule has 46 heavy (non-hydrogen) atoms. The first-order chi connectivity index (χ1) is 22.8. The Kier molecular flexibility index (Phi) is 20.1. The Morgan fingerprint density at radius 1 is 0.413 bits per heavy atom.